The third kappa shape index (κ3) is 5.07. The molecule has 0 atom stereocenters. The highest BCUT2D eigenvalue weighted by Gasteiger charge is 2.12. The number of ether oxygens (including phenoxy) is 1. The van der Waals surface area contributed by atoms with Gasteiger partial charge >= 0.3 is 5.97 Å². The molecular formula is C22H22N2O4. The van der Waals surface area contributed by atoms with Gasteiger partial charge in [0.05, 0.1) is 5.69 Å². The fraction of sp³-hybridized carbons (Fsp3) is 0.227. The van der Waals surface area contributed by atoms with Crippen LogP contribution in [0.5, 0.6) is 0 Å². The van der Waals surface area contributed by atoms with Gasteiger partial charge in [0.1, 0.15) is 12.4 Å². The molecule has 0 aliphatic rings. The Morgan fingerprint density at radius 3 is 2.39 bits per heavy atom. The van der Waals surface area contributed by atoms with Crippen molar-refractivity contribution < 1.29 is 18.8 Å². The minimum absolute atomic E-state index is 0.168. The summed E-state index contributed by atoms with van der Waals surface area (Å²) in [6.45, 7) is 3.85. The topological polar surface area (TPSA) is 81.4 Å². The molecular weight excluding hydrogens is 356 g/mol. The molecule has 3 rings (SSSR count). The Kier molecular flexibility index (Phi) is 6.22. The summed E-state index contributed by atoms with van der Waals surface area (Å²) in [7, 11) is 0. The fourth-order valence-corrected chi connectivity index (χ4v) is 2.80. The summed E-state index contributed by atoms with van der Waals surface area (Å²) in [6, 6.07) is 16.2. The highest BCUT2D eigenvalue weighted by atomic mass is 16.5. The van der Waals surface area contributed by atoms with Crippen LogP contribution in [0.3, 0.4) is 0 Å². The number of carbonyl (C=O) groups is 2. The number of anilines is 1. The van der Waals surface area contributed by atoms with Gasteiger partial charge in [0.15, 0.2) is 0 Å². The van der Waals surface area contributed by atoms with E-state index in [-0.39, 0.29) is 24.9 Å². The van der Waals surface area contributed by atoms with Crippen molar-refractivity contribution in [2.24, 2.45) is 0 Å². The van der Waals surface area contributed by atoms with E-state index in [0.717, 1.165) is 28.3 Å². The number of hydrogen-bond donors (Lipinski definition) is 1. The first-order chi connectivity index (χ1) is 13.5. The summed E-state index contributed by atoms with van der Waals surface area (Å²) >= 11 is 0. The van der Waals surface area contributed by atoms with Gasteiger partial charge in [0, 0.05) is 23.2 Å². The Bertz CT molecular complexity index is 927. The number of para-hydroxylation sites is 1. The number of benzene rings is 2. The molecule has 6 heteroatoms. The number of carbonyl (C=O) groups excluding carboxylic acids is 2. The van der Waals surface area contributed by atoms with Crippen molar-refractivity contribution in [3.8, 4) is 0 Å². The summed E-state index contributed by atoms with van der Waals surface area (Å²) in [5, 5.41) is 6.71. The molecule has 28 heavy (non-hydrogen) atoms. The van der Waals surface area contributed by atoms with Crippen LogP contribution >= 0.6 is 0 Å². The molecule has 0 aliphatic heterocycles. The van der Waals surface area contributed by atoms with Crippen molar-refractivity contribution in [1.82, 2.24) is 5.16 Å². The monoisotopic (exact) mass is 378 g/mol. The number of aryl methyl sites for hydroxylation is 2. The first-order valence-corrected chi connectivity index (χ1v) is 9.05. The third-order valence-electron chi connectivity index (χ3n) is 4.41. The number of amides is 1. The zero-order valence-corrected chi connectivity index (χ0v) is 15.9. The van der Waals surface area contributed by atoms with Crippen LogP contribution in [0.2, 0.25) is 0 Å². The molecule has 0 radical (unpaired) electrons. The summed E-state index contributed by atoms with van der Waals surface area (Å²) in [5.41, 5.74) is 3.85. The van der Waals surface area contributed by atoms with Crippen molar-refractivity contribution in [2.45, 2.75) is 33.3 Å². The molecule has 0 bridgehead atoms. The molecule has 1 heterocycles. The average molecular weight is 378 g/mol. The molecule has 6 nitrogen and oxygen atoms in total. The summed E-state index contributed by atoms with van der Waals surface area (Å²) in [5.74, 6) is 0.259. The standard InChI is InChI=1S/C22H22N2O4/c1-15-20(16(2)28-24-15)12-13-21(25)27-14-17-8-10-18(11-9-17)22(26)23-19-6-4-3-5-7-19/h3-11H,12-14H2,1-2H3,(H,23,26). The van der Waals surface area contributed by atoms with Gasteiger partial charge in [-0.3, -0.25) is 9.59 Å². The van der Waals surface area contributed by atoms with Crippen molar-refractivity contribution in [3.63, 3.8) is 0 Å². The molecule has 0 aliphatic carbocycles. The predicted molar refractivity (Wildman–Crippen MR) is 105 cm³/mol. The lowest BCUT2D eigenvalue weighted by Crippen LogP contribution is -2.12. The maximum atomic E-state index is 12.2. The maximum Gasteiger partial charge on any atom is 0.306 e. The van der Waals surface area contributed by atoms with Crippen molar-refractivity contribution in [3.05, 3.63) is 82.7 Å². The van der Waals surface area contributed by atoms with Gasteiger partial charge < -0.3 is 14.6 Å². The highest BCUT2D eigenvalue weighted by Crippen LogP contribution is 2.15. The maximum absolute atomic E-state index is 12.2. The van der Waals surface area contributed by atoms with Crippen LogP contribution in [0.4, 0.5) is 5.69 Å². The summed E-state index contributed by atoms with van der Waals surface area (Å²) in [6.07, 6.45) is 0.805. The number of aromatic nitrogens is 1. The van der Waals surface area contributed by atoms with Crippen LogP contribution in [-0.2, 0) is 22.6 Å². The molecule has 144 valence electrons. The Hall–Kier alpha value is -3.41. The van der Waals surface area contributed by atoms with Gasteiger partial charge in [0.25, 0.3) is 5.91 Å². The van der Waals surface area contributed by atoms with Gasteiger partial charge in [-0.15, -0.1) is 0 Å². The van der Waals surface area contributed by atoms with E-state index in [1.54, 1.807) is 24.3 Å². The summed E-state index contributed by atoms with van der Waals surface area (Å²) < 4.78 is 10.4. The van der Waals surface area contributed by atoms with E-state index < -0.39 is 0 Å². The molecule has 0 fully saturated rings. The quantitative estimate of drug-likeness (QED) is 0.623. The van der Waals surface area contributed by atoms with Crippen LogP contribution < -0.4 is 5.32 Å². The second-order valence-electron chi connectivity index (χ2n) is 6.48. The van der Waals surface area contributed by atoms with Crippen LogP contribution in [0.1, 0.15) is 39.4 Å². The fourth-order valence-electron chi connectivity index (χ4n) is 2.80. The lowest BCUT2D eigenvalue weighted by molar-refractivity contribution is -0.144. The SMILES string of the molecule is Cc1noc(C)c1CCC(=O)OCc1ccc(C(=O)Nc2ccccc2)cc1. The molecule has 1 amide bonds. The van der Waals surface area contributed by atoms with E-state index >= 15 is 0 Å². The number of nitrogens with zero attached hydrogens (tertiary/aromatic N) is 1. The molecule has 0 spiro atoms. The second kappa shape index (κ2) is 8.99. The van der Waals surface area contributed by atoms with Crippen molar-refractivity contribution >= 4 is 17.6 Å². The first-order valence-electron chi connectivity index (χ1n) is 9.05. The summed E-state index contributed by atoms with van der Waals surface area (Å²) in [4.78, 5) is 24.2. The minimum Gasteiger partial charge on any atom is -0.461 e. The largest absolute Gasteiger partial charge is 0.461 e. The average Bonchev–Trinajstić information content (AvgIpc) is 3.03. The predicted octanol–water partition coefficient (Wildman–Crippen LogP) is 4.22. The zero-order chi connectivity index (χ0) is 19.9. The molecule has 1 aromatic heterocycles. The van der Waals surface area contributed by atoms with E-state index in [4.69, 9.17) is 9.26 Å². The van der Waals surface area contributed by atoms with E-state index in [9.17, 15) is 9.59 Å². The van der Waals surface area contributed by atoms with Gasteiger partial charge in [0.2, 0.25) is 0 Å². The number of hydrogen-bond acceptors (Lipinski definition) is 5. The molecule has 0 saturated carbocycles. The first kappa shape index (κ1) is 19.4. The van der Waals surface area contributed by atoms with E-state index in [1.807, 2.05) is 44.2 Å². The minimum atomic E-state index is -0.286. The van der Waals surface area contributed by atoms with Gasteiger partial charge in [-0.1, -0.05) is 35.5 Å². The van der Waals surface area contributed by atoms with Crippen LogP contribution in [0.25, 0.3) is 0 Å². The van der Waals surface area contributed by atoms with E-state index in [2.05, 4.69) is 10.5 Å². The second-order valence-corrected chi connectivity index (χ2v) is 6.48. The Morgan fingerprint density at radius 1 is 1.04 bits per heavy atom. The molecule has 3 aromatic rings. The normalized spacial score (nSPS) is 10.5. The molecule has 0 saturated heterocycles. The van der Waals surface area contributed by atoms with Crippen molar-refractivity contribution in [2.75, 3.05) is 5.32 Å². The third-order valence-corrected chi connectivity index (χ3v) is 4.41. The van der Waals surface area contributed by atoms with E-state index in [0.29, 0.717) is 12.0 Å². The lowest BCUT2D eigenvalue weighted by Gasteiger charge is -2.07. The van der Waals surface area contributed by atoms with Gasteiger partial charge in [-0.2, -0.15) is 0 Å². The van der Waals surface area contributed by atoms with Gasteiger partial charge in [-0.05, 0) is 50.1 Å². The number of esters is 1. The Balaban J connectivity index is 1.47. The molecule has 2 aromatic carbocycles. The van der Waals surface area contributed by atoms with Crippen LogP contribution in [-0.4, -0.2) is 17.0 Å². The van der Waals surface area contributed by atoms with Gasteiger partial charge in [-0.25, -0.2) is 0 Å². The highest BCUT2D eigenvalue weighted by molar-refractivity contribution is 6.04. The lowest BCUT2D eigenvalue weighted by atomic mass is 10.1. The molecule has 1 N–H and O–H groups in total. The van der Waals surface area contributed by atoms with Crippen molar-refractivity contribution in [1.29, 1.82) is 0 Å². The Morgan fingerprint density at radius 2 is 1.75 bits per heavy atom. The number of rotatable bonds is 7. The van der Waals surface area contributed by atoms with Crippen LogP contribution in [0, 0.1) is 13.8 Å². The van der Waals surface area contributed by atoms with E-state index in [1.165, 1.54) is 0 Å². The van der Waals surface area contributed by atoms with Crippen LogP contribution in [0.15, 0.2) is 59.1 Å². The molecule has 0 unspecified atom stereocenters. The Labute approximate surface area is 163 Å². The smallest absolute Gasteiger partial charge is 0.306 e. The number of nitrogens with one attached hydrogen (secondary N) is 1. The zero-order valence-electron chi connectivity index (χ0n) is 15.9.